The molecule has 0 bridgehead atoms. The summed E-state index contributed by atoms with van der Waals surface area (Å²) in [5.41, 5.74) is 7.82. The first kappa shape index (κ1) is 25.4. The van der Waals surface area contributed by atoms with E-state index in [4.69, 9.17) is 5.73 Å². The second kappa shape index (κ2) is 11.0. The topological polar surface area (TPSA) is 87.4 Å². The summed E-state index contributed by atoms with van der Waals surface area (Å²) in [5.74, 6) is 6.81. The molecule has 7 nitrogen and oxygen atoms in total. The summed E-state index contributed by atoms with van der Waals surface area (Å²) < 4.78 is 0. The first-order chi connectivity index (χ1) is 17.8. The maximum atomic E-state index is 13.1. The Morgan fingerprint density at radius 1 is 1.05 bits per heavy atom. The highest BCUT2D eigenvalue weighted by Crippen LogP contribution is 2.27. The number of likely N-dealkylation sites (tertiary alicyclic amines) is 2. The fourth-order valence-electron chi connectivity index (χ4n) is 4.87. The number of thiophene rings is 1. The van der Waals surface area contributed by atoms with Crippen LogP contribution in [0.4, 0.5) is 11.6 Å². The average Bonchev–Trinajstić information content (AvgIpc) is 3.60. The molecule has 2 aromatic heterocycles. The lowest BCUT2D eigenvalue weighted by atomic mass is 10.0. The summed E-state index contributed by atoms with van der Waals surface area (Å²) in [7, 11) is 0. The lowest BCUT2D eigenvalue weighted by Gasteiger charge is -2.36. The van der Waals surface area contributed by atoms with Crippen molar-refractivity contribution in [2.24, 2.45) is 5.73 Å². The predicted molar refractivity (Wildman–Crippen MR) is 150 cm³/mol. The van der Waals surface area contributed by atoms with Gasteiger partial charge in [-0.3, -0.25) is 4.79 Å². The van der Waals surface area contributed by atoms with Gasteiger partial charge in [-0.1, -0.05) is 11.8 Å². The van der Waals surface area contributed by atoms with Crippen LogP contribution in [-0.2, 0) is 0 Å². The minimum Gasteiger partial charge on any atom is -0.339 e. The van der Waals surface area contributed by atoms with E-state index in [1.165, 1.54) is 25.9 Å². The predicted octanol–water partition coefficient (Wildman–Crippen LogP) is 4.74. The number of nitrogens with one attached hydrogen (secondary N) is 1. The fraction of sp³-hybridized carbons (Fsp3) is 0.414. The standard InChI is InChI=1S/C29H34N6OS/c1-29(2,30)15-11-24-9-10-26(37-24)25-12-16-31-28(33-25)32-22-7-5-21(6-8-22)27(36)35-19-13-23(14-20-35)34-17-3-4-18-34/h5-10,12,16,23H,3-4,13-14,17-20,30H2,1-2H3,(H,31,32,33). The summed E-state index contributed by atoms with van der Waals surface area (Å²) in [6.45, 7) is 7.88. The van der Waals surface area contributed by atoms with Gasteiger partial charge in [0.25, 0.3) is 5.91 Å². The minimum atomic E-state index is -0.527. The van der Waals surface area contributed by atoms with Gasteiger partial charge in [0, 0.05) is 36.6 Å². The molecule has 2 fully saturated rings. The molecule has 0 saturated carbocycles. The molecule has 0 unspecified atom stereocenters. The Bertz CT molecular complexity index is 1290. The van der Waals surface area contributed by atoms with Gasteiger partial charge in [0.05, 0.1) is 21.0 Å². The van der Waals surface area contributed by atoms with Crippen molar-refractivity contribution in [1.29, 1.82) is 0 Å². The third-order valence-corrected chi connectivity index (χ3v) is 7.84. The summed E-state index contributed by atoms with van der Waals surface area (Å²) in [4.78, 5) is 28.6. The van der Waals surface area contributed by atoms with Crippen LogP contribution in [0, 0.1) is 11.8 Å². The van der Waals surface area contributed by atoms with Crippen molar-refractivity contribution in [3.63, 3.8) is 0 Å². The second-order valence-corrected chi connectivity index (χ2v) is 11.5. The largest absolute Gasteiger partial charge is 0.339 e. The Kier molecular flexibility index (Phi) is 7.56. The number of hydrogen-bond donors (Lipinski definition) is 2. The van der Waals surface area contributed by atoms with Crippen LogP contribution in [0.5, 0.6) is 0 Å². The van der Waals surface area contributed by atoms with Crippen molar-refractivity contribution in [3.05, 3.63) is 59.1 Å². The monoisotopic (exact) mass is 514 g/mol. The van der Waals surface area contributed by atoms with E-state index in [2.05, 4.69) is 32.0 Å². The number of piperidine rings is 1. The maximum absolute atomic E-state index is 13.1. The van der Waals surface area contributed by atoms with E-state index in [0.29, 0.717) is 17.6 Å². The zero-order valence-electron chi connectivity index (χ0n) is 21.5. The molecule has 3 aromatic rings. The van der Waals surface area contributed by atoms with Gasteiger partial charge in [-0.15, -0.1) is 11.3 Å². The Balaban J connectivity index is 1.19. The molecule has 5 rings (SSSR count). The molecule has 2 aliphatic rings. The highest BCUT2D eigenvalue weighted by molar-refractivity contribution is 7.16. The maximum Gasteiger partial charge on any atom is 0.253 e. The third-order valence-electron chi connectivity index (χ3n) is 6.82. The van der Waals surface area contributed by atoms with Gasteiger partial charge in [0.2, 0.25) is 5.95 Å². The van der Waals surface area contributed by atoms with Gasteiger partial charge in [-0.2, -0.15) is 0 Å². The fourth-order valence-corrected chi connectivity index (χ4v) is 5.70. The van der Waals surface area contributed by atoms with Crippen LogP contribution < -0.4 is 11.1 Å². The molecular weight excluding hydrogens is 480 g/mol. The van der Waals surface area contributed by atoms with E-state index in [0.717, 1.165) is 47.1 Å². The Hall–Kier alpha value is -3.25. The summed E-state index contributed by atoms with van der Waals surface area (Å²) >= 11 is 1.58. The number of hydrogen-bond acceptors (Lipinski definition) is 7. The van der Waals surface area contributed by atoms with Crippen LogP contribution in [-0.4, -0.2) is 63.4 Å². The Morgan fingerprint density at radius 2 is 1.78 bits per heavy atom. The Labute approximate surface area is 223 Å². The normalized spacial score (nSPS) is 16.9. The average molecular weight is 515 g/mol. The van der Waals surface area contributed by atoms with E-state index in [1.807, 2.05) is 61.2 Å². The van der Waals surface area contributed by atoms with Crippen molar-refractivity contribution in [2.45, 2.75) is 51.1 Å². The molecule has 0 radical (unpaired) electrons. The van der Waals surface area contributed by atoms with E-state index in [-0.39, 0.29) is 5.91 Å². The van der Waals surface area contributed by atoms with Crippen molar-refractivity contribution in [3.8, 4) is 22.4 Å². The lowest BCUT2D eigenvalue weighted by Crippen LogP contribution is -2.45. The molecule has 1 aromatic carbocycles. The Morgan fingerprint density at radius 3 is 2.49 bits per heavy atom. The van der Waals surface area contributed by atoms with E-state index in [9.17, 15) is 4.79 Å². The molecule has 1 amide bonds. The molecule has 0 aliphatic carbocycles. The van der Waals surface area contributed by atoms with Crippen molar-refractivity contribution < 1.29 is 4.79 Å². The van der Waals surface area contributed by atoms with Crippen LogP contribution in [0.2, 0.25) is 0 Å². The number of nitrogens with zero attached hydrogens (tertiary/aromatic N) is 4. The number of amides is 1. The summed E-state index contributed by atoms with van der Waals surface area (Å²) in [6.07, 6.45) is 6.51. The van der Waals surface area contributed by atoms with Gasteiger partial charge < -0.3 is 20.9 Å². The molecule has 0 atom stereocenters. The number of anilines is 2. The second-order valence-electron chi connectivity index (χ2n) is 10.4. The van der Waals surface area contributed by atoms with Gasteiger partial charge in [-0.05, 0) is 95.1 Å². The van der Waals surface area contributed by atoms with Crippen molar-refractivity contribution >= 4 is 28.9 Å². The van der Waals surface area contributed by atoms with Crippen LogP contribution in [0.15, 0.2) is 48.7 Å². The van der Waals surface area contributed by atoms with E-state index < -0.39 is 5.54 Å². The minimum absolute atomic E-state index is 0.110. The zero-order chi connectivity index (χ0) is 25.8. The molecular formula is C29H34N6OS. The van der Waals surface area contributed by atoms with E-state index >= 15 is 0 Å². The molecule has 2 saturated heterocycles. The molecule has 2 aliphatic heterocycles. The number of rotatable bonds is 5. The quantitative estimate of drug-likeness (QED) is 0.479. The zero-order valence-corrected chi connectivity index (χ0v) is 22.4. The van der Waals surface area contributed by atoms with Crippen LogP contribution in [0.25, 0.3) is 10.6 Å². The van der Waals surface area contributed by atoms with Crippen molar-refractivity contribution in [1.82, 2.24) is 19.8 Å². The van der Waals surface area contributed by atoms with E-state index in [1.54, 1.807) is 17.5 Å². The molecule has 8 heteroatoms. The number of benzene rings is 1. The van der Waals surface area contributed by atoms with Crippen LogP contribution in [0.1, 0.15) is 54.8 Å². The van der Waals surface area contributed by atoms with Gasteiger partial charge >= 0.3 is 0 Å². The first-order valence-corrected chi connectivity index (χ1v) is 13.8. The van der Waals surface area contributed by atoms with Gasteiger partial charge in [0.15, 0.2) is 0 Å². The molecule has 192 valence electrons. The van der Waals surface area contributed by atoms with Crippen LogP contribution >= 0.6 is 11.3 Å². The number of aromatic nitrogens is 2. The summed E-state index contributed by atoms with van der Waals surface area (Å²) in [6, 6.07) is 14.1. The van der Waals surface area contributed by atoms with Gasteiger partial charge in [-0.25, -0.2) is 9.97 Å². The summed E-state index contributed by atoms with van der Waals surface area (Å²) in [5, 5.41) is 3.26. The molecule has 0 spiro atoms. The number of carbonyl (C=O) groups is 1. The smallest absolute Gasteiger partial charge is 0.253 e. The molecule has 37 heavy (non-hydrogen) atoms. The SMILES string of the molecule is CC(C)(N)C#Cc1ccc(-c2ccnc(Nc3ccc(C(=O)N4CCC(N5CCCC5)CC4)cc3)n2)s1. The number of nitrogens with two attached hydrogens (primary N) is 1. The van der Waals surface area contributed by atoms with Gasteiger partial charge in [0.1, 0.15) is 0 Å². The highest BCUT2D eigenvalue weighted by Gasteiger charge is 2.28. The molecule has 3 N–H and O–H groups in total. The lowest BCUT2D eigenvalue weighted by molar-refractivity contribution is 0.0644. The number of carbonyl (C=O) groups excluding carboxylic acids is 1. The first-order valence-electron chi connectivity index (χ1n) is 13.0. The van der Waals surface area contributed by atoms with Crippen LogP contribution in [0.3, 0.4) is 0 Å². The van der Waals surface area contributed by atoms with Crippen molar-refractivity contribution in [2.75, 3.05) is 31.5 Å². The highest BCUT2D eigenvalue weighted by atomic mass is 32.1. The third kappa shape index (κ3) is 6.55. The molecule has 4 heterocycles.